The lowest BCUT2D eigenvalue weighted by Gasteiger charge is -2.16. The van der Waals surface area contributed by atoms with Gasteiger partial charge < -0.3 is 19.5 Å². The van der Waals surface area contributed by atoms with Crippen LogP contribution in [0.1, 0.15) is 5.56 Å². The Labute approximate surface area is 238 Å². The van der Waals surface area contributed by atoms with Gasteiger partial charge in [0.05, 0.1) is 42.4 Å². The molecule has 0 unspecified atom stereocenters. The highest BCUT2D eigenvalue weighted by Crippen LogP contribution is 2.35. The van der Waals surface area contributed by atoms with Gasteiger partial charge in [0, 0.05) is 12.5 Å². The van der Waals surface area contributed by atoms with Gasteiger partial charge in [0.2, 0.25) is 5.91 Å². The molecule has 10 nitrogen and oxygen atoms in total. The molecule has 12 heteroatoms. The van der Waals surface area contributed by atoms with Crippen molar-refractivity contribution in [1.82, 2.24) is 9.13 Å². The summed E-state index contributed by atoms with van der Waals surface area (Å²) in [6.45, 7) is -1.65. The second-order valence-electron chi connectivity index (χ2n) is 8.91. The van der Waals surface area contributed by atoms with Crippen LogP contribution in [-0.4, -0.2) is 48.3 Å². The fraction of sp³-hybridized carbons (Fsp3) is 0.241. The van der Waals surface area contributed by atoms with E-state index in [1.165, 1.54) is 32.4 Å². The Morgan fingerprint density at radius 1 is 0.927 bits per heavy atom. The summed E-state index contributed by atoms with van der Waals surface area (Å²) in [4.78, 5) is 52.7. The summed E-state index contributed by atoms with van der Waals surface area (Å²) >= 11 is 6.20. The van der Waals surface area contributed by atoms with Gasteiger partial charge >= 0.3 is 5.69 Å². The van der Waals surface area contributed by atoms with Crippen LogP contribution in [0.25, 0.3) is 10.9 Å². The number of ether oxygens (including phenoxy) is 3. The van der Waals surface area contributed by atoms with Crippen molar-refractivity contribution in [3.8, 4) is 17.2 Å². The van der Waals surface area contributed by atoms with E-state index in [0.29, 0.717) is 17.1 Å². The summed E-state index contributed by atoms with van der Waals surface area (Å²) in [7, 11) is 2.86. The molecule has 41 heavy (non-hydrogen) atoms. The van der Waals surface area contributed by atoms with Crippen molar-refractivity contribution in [3.63, 3.8) is 0 Å². The van der Waals surface area contributed by atoms with E-state index in [9.17, 15) is 23.6 Å². The third kappa shape index (κ3) is 6.75. The van der Waals surface area contributed by atoms with E-state index in [2.05, 4.69) is 5.32 Å². The summed E-state index contributed by atoms with van der Waals surface area (Å²) in [6.07, 6.45) is -0.0550. The number of methoxy groups -OCH3 is 2. The van der Waals surface area contributed by atoms with Crippen LogP contribution in [-0.2, 0) is 29.1 Å². The number of Topliss-reactive ketones (excluding diaryl/α,β-unsaturated/α-hetero) is 1. The lowest BCUT2D eigenvalue weighted by molar-refractivity contribution is -0.119. The van der Waals surface area contributed by atoms with Crippen LogP contribution in [0.2, 0.25) is 5.02 Å². The largest absolute Gasteiger partial charge is 0.495 e. The summed E-state index contributed by atoms with van der Waals surface area (Å²) in [5.41, 5.74) is -0.334. The lowest BCUT2D eigenvalue weighted by Crippen LogP contribution is -2.43. The number of fused-ring (bicyclic) bond motifs is 1. The molecule has 0 saturated heterocycles. The first-order valence-electron chi connectivity index (χ1n) is 12.5. The molecular weight excluding hydrogens is 557 g/mol. The highest BCUT2D eigenvalue weighted by atomic mass is 35.5. The molecule has 0 aliphatic heterocycles. The number of benzene rings is 3. The number of carbonyl (C=O) groups is 2. The van der Waals surface area contributed by atoms with E-state index >= 15 is 0 Å². The van der Waals surface area contributed by atoms with E-state index < -0.39 is 42.7 Å². The molecule has 1 amide bonds. The fourth-order valence-electron chi connectivity index (χ4n) is 4.27. The number of amides is 1. The normalized spacial score (nSPS) is 10.8. The molecule has 4 aromatic rings. The second kappa shape index (κ2) is 13.1. The zero-order valence-electron chi connectivity index (χ0n) is 22.3. The van der Waals surface area contributed by atoms with Crippen molar-refractivity contribution in [2.45, 2.75) is 19.5 Å². The number of ketones is 1. The van der Waals surface area contributed by atoms with E-state index in [-0.39, 0.29) is 40.4 Å². The molecule has 1 aromatic heterocycles. The highest BCUT2D eigenvalue weighted by Gasteiger charge is 2.19. The number of hydrogen-bond acceptors (Lipinski definition) is 7. The number of hydrogen-bond donors (Lipinski definition) is 1. The number of nitrogens with one attached hydrogen (secondary N) is 1. The van der Waals surface area contributed by atoms with Gasteiger partial charge in [-0.1, -0.05) is 35.9 Å². The minimum atomic E-state index is -0.813. The van der Waals surface area contributed by atoms with Crippen molar-refractivity contribution in [2.24, 2.45) is 0 Å². The predicted octanol–water partition coefficient (Wildman–Crippen LogP) is 3.63. The first-order chi connectivity index (χ1) is 19.7. The molecule has 0 saturated carbocycles. The number of nitrogens with zero attached hydrogens (tertiary/aromatic N) is 2. The predicted molar refractivity (Wildman–Crippen MR) is 152 cm³/mol. The van der Waals surface area contributed by atoms with Gasteiger partial charge in [-0.05, 0) is 35.9 Å². The first-order valence-corrected chi connectivity index (χ1v) is 12.9. The molecule has 1 N–H and O–H groups in total. The smallest absolute Gasteiger partial charge is 0.332 e. The number of halogens is 2. The molecular formula is C29H27ClFN3O7. The third-order valence-electron chi connectivity index (χ3n) is 6.19. The van der Waals surface area contributed by atoms with Gasteiger partial charge in [0.1, 0.15) is 37.1 Å². The van der Waals surface area contributed by atoms with Gasteiger partial charge in [-0.2, -0.15) is 0 Å². The zero-order valence-corrected chi connectivity index (χ0v) is 23.1. The number of aromatic nitrogens is 2. The van der Waals surface area contributed by atoms with Crippen LogP contribution in [0.5, 0.6) is 17.2 Å². The number of alkyl halides is 1. The molecule has 0 bridgehead atoms. The summed E-state index contributed by atoms with van der Waals surface area (Å²) in [5.74, 6) is 0.102. The quantitative estimate of drug-likeness (QED) is 0.271. The number of rotatable bonds is 12. The Bertz CT molecular complexity index is 1700. The summed E-state index contributed by atoms with van der Waals surface area (Å²) < 4.78 is 29.9. The monoisotopic (exact) mass is 583 g/mol. The highest BCUT2D eigenvalue weighted by molar-refractivity contribution is 6.32. The van der Waals surface area contributed by atoms with E-state index in [0.717, 1.165) is 9.13 Å². The SMILES string of the molecule is COc1cc(OC)c(NC(=O)Cn2c(=O)n(CC(=O)Cc3ccc(OCCF)cc3)c(=O)c3ccccc32)cc1Cl. The summed E-state index contributed by atoms with van der Waals surface area (Å²) in [5, 5.41) is 3.08. The molecule has 0 atom stereocenters. The Balaban J connectivity index is 1.60. The average Bonchev–Trinajstić information content (AvgIpc) is 2.97. The third-order valence-corrected chi connectivity index (χ3v) is 6.48. The van der Waals surface area contributed by atoms with Gasteiger partial charge in [-0.25, -0.2) is 9.18 Å². The minimum Gasteiger partial charge on any atom is -0.495 e. The standard InChI is InChI=1S/C29H27ClFN3O7/c1-39-25-15-26(40-2)23(14-22(25)30)32-27(36)17-33-24-6-4-3-5-21(24)28(37)34(29(33)38)16-19(35)13-18-7-9-20(10-8-18)41-12-11-31/h3-10,14-15H,11-13,16-17H2,1-2H3,(H,32,36). The Kier molecular flexibility index (Phi) is 9.41. The molecule has 1 heterocycles. The van der Waals surface area contributed by atoms with Crippen LogP contribution in [0, 0.1) is 0 Å². The number of anilines is 1. The maximum absolute atomic E-state index is 13.5. The average molecular weight is 584 g/mol. The Hall–Kier alpha value is -4.64. The van der Waals surface area contributed by atoms with E-state index in [1.807, 2.05) is 0 Å². The van der Waals surface area contributed by atoms with E-state index in [1.54, 1.807) is 42.5 Å². The second-order valence-corrected chi connectivity index (χ2v) is 9.32. The number of carbonyl (C=O) groups excluding carboxylic acids is 2. The maximum atomic E-state index is 13.5. The summed E-state index contributed by atoms with van der Waals surface area (Å²) in [6, 6.07) is 15.8. The van der Waals surface area contributed by atoms with Crippen LogP contribution in [0.3, 0.4) is 0 Å². The van der Waals surface area contributed by atoms with Gasteiger partial charge in [0.15, 0.2) is 5.78 Å². The van der Waals surface area contributed by atoms with Gasteiger partial charge in [0.25, 0.3) is 5.56 Å². The van der Waals surface area contributed by atoms with Crippen LogP contribution in [0.4, 0.5) is 10.1 Å². The van der Waals surface area contributed by atoms with Crippen molar-refractivity contribution in [2.75, 3.05) is 32.8 Å². The van der Waals surface area contributed by atoms with Crippen LogP contribution >= 0.6 is 11.6 Å². The maximum Gasteiger partial charge on any atom is 0.332 e. The lowest BCUT2D eigenvalue weighted by atomic mass is 10.1. The molecule has 4 rings (SSSR count). The van der Waals surface area contributed by atoms with Crippen molar-refractivity contribution < 1.29 is 28.2 Å². The van der Waals surface area contributed by atoms with Crippen molar-refractivity contribution in [1.29, 1.82) is 0 Å². The molecule has 3 aromatic carbocycles. The molecule has 0 aliphatic rings. The zero-order chi connectivity index (χ0) is 29.5. The molecule has 0 fully saturated rings. The van der Waals surface area contributed by atoms with Crippen molar-refractivity contribution in [3.05, 3.63) is 92.1 Å². The van der Waals surface area contributed by atoms with Gasteiger partial charge in [-0.15, -0.1) is 0 Å². The molecule has 214 valence electrons. The molecule has 0 spiro atoms. The molecule has 0 radical (unpaired) electrons. The number of para-hydroxylation sites is 1. The minimum absolute atomic E-state index is 0.0550. The van der Waals surface area contributed by atoms with Crippen LogP contribution in [0.15, 0.2) is 70.3 Å². The topological polar surface area (TPSA) is 118 Å². The first kappa shape index (κ1) is 29.3. The Morgan fingerprint density at radius 2 is 1.63 bits per heavy atom. The van der Waals surface area contributed by atoms with Gasteiger partial charge in [-0.3, -0.25) is 23.5 Å². The van der Waals surface area contributed by atoms with Crippen LogP contribution < -0.4 is 30.8 Å². The fourth-order valence-corrected chi connectivity index (χ4v) is 4.51. The van der Waals surface area contributed by atoms with Crippen molar-refractivity contribution >= 4 is 39.9 Å². The molecule has 0 aliphatic carbocycles. The Morgan fingerprint density at radius 3 is 2.32 bits per heavy atom. The van der Waals surface area contributed by atoms with E-state index in [4.69, 9.17) is 25.8 Å².